The molecule has 0 aliphatic carbocycles. The highest BCUT2D eigenvalue weighted by Crippen LogP contribution is 2.26. The zero-order chi connectivity index (χ0) is 22.0. The SMILES string of the molecule is CCc1ccc(CNC(=O)C2CCN(S(=O)(=O)c3ccc4c(ccn4C)c3)CC2)cc1. The van der Waals surface area contributed by atoms with Gasteiger partial charge >= 0.3 is 0 Å². The van der Waals surface area contributed by atoms with Gasteiger partial charge < -0.3 is 9.88 Å². The Morgan fingerprint density at radius 2 is 1.71 bits per heavy atom. The molecule has 4 rings (SSSR count). The lowest BCUT2D eigenvalue weighted by Gasteiger charge is -2.30. The Morgan fingerprint density at radius 3 is 2.39 bits per heavy atom. The van der Waals surface area contributed by atoms with E-state index in [9.17, 15) is 13.2 Å². The molecule has 0 unspecified atom stereocenters. The molecule has 164 valence electrons. The molecule has 7 heteroatoms. The molecule has 2 aromatic carbocycles. The van der Waals surface area contributed by atoms with E-state index in [1.807, 2.05) is 42.1 Å². The number of carbonyl (C=O) groups excluding carboxylic acids is 1. The zero-order valence-electron chi connectivity index (χ0n) is 18.0. The van der Waals surface area contributed by atoms with Crippen molar-refractivity contribution in [1.82, 2.24) is 14.2 Å². The van der Waals surface area contributed by atoms with Gasteiger partial charge in [0.2, 0.25) is 15.9 Å². The fraction of sp³-hybridized carbons (Fsp3) is 0.375. The number of benzene rings is 2. The number of amides is 1. The summed E-state index contributed by atoms with van der Waals surface area (Å²) in [5.41, 5.74) is 3.34. The molecule has 1 aromatic heterocycles. The van der Waals surface area contributed by atoms with E-state index in [2.05, 4.69) is 24.4 Å². The van der Waals surface area contributed by atoms with Gasteiger partial charge in [0.25, 0.3) is 0 Å². The van der Waals surface area contributed by atoms with Crippen LogP contribution in [0.15, 0.2) is 59.6 Å². The van der Waals surface area contributed by atoms with Gasteiger partial charge in [0, 0.05) is 49.7 Å². The van der Waals surface area contributed by atoms with E-state index in [1.54, 1.807) is 12.1 Å². The van der Waals surface area contributed by atoms with Gasteiger partial charge in [0.1, 0.15) is 0 Å². The molecule has 1 saturated heterocycles. The summed E-state index contributed by atoms with van der Waals surface area (Å²) in [5, 5.41) is 3.91. The second-order valence-corrected chi connectivity index (χ2v) is 10.2. The first kappa shape index (κ1) is 21.6. The maximum absolute atomic E-state index is 13.1. The minimum absolute atomic E-state index is 0.00215. The van der Waals surface area contributed by atoms with E-state index in [4.69, 9.17) is 0 Å². The van der Waals surface area contributed by atoms with Crippen LogP contribution in [0.1, 0.15) is 30.9 Å². The zero-order valence-corrected chi connectivity index (χ0v) is 18.9. The van der Waals surface area contributed by atoms with Crippen LogP contribution < -0.4 is 5.32 Å². The molecule has 1 aliphatic heterocycles. The number of hydrogen-bond acceptors (Lipinski definition) is 3. The molecule has 0 radical (unpaired) electrons. The molecule has 3 aromatic rings. The highest BCUT2D eigenvalue weighted by molar-refractivity contribution is 7.89. The Hall–Kier alpha value is -2.64. The molecule has 1 aliphatic rings. The van der Waals surface area contributed by atoms with Crippen molar-refractivity contribution in [2.45, 2.75) is 37.6 Å². The minimum Gasteiger partial charge on any atom is -0.352 e. The first-order chi connectivity index (χ1) is 14.9. The summed E-state index contributed by atoms with van der Waals surface area (Å²) in [6.07, 6.45) is 3.98. The predicted octanol–water partition coefficient (Wildman–Crippen LogP) is 3.46. The molecule has 0 atom stereocenters. The van der Waals surface area contributed by atoms with Crippen LogP contribution >= 0.6 is 0 Å². The number of carbonyl (C=O) groups is 1. The molecule has 6 nitrogen and oxygen atoms in total. The van der Waals surface area contributed by atoms with E-state index in [-0.39, 0.29) is 11.8 Å². The normalized spacial score (nSPS) is 15.9. The third-order valence-corrected chi connectivity index (χ3v) is 8.11. The maximum atomic E-state index is 13.1. The third-order valence-electron chi connectivity index (χ3n) is 6.22. The van der Waals surface area contributed by atoms with Crippen molar-refractivity contribution in [2.24, 2.45) is 13.0 Å². The number of nitrogens with one attached hydrogen (secondary N) is 1. The molecular formula is C24H29N3O3S. The molecule has 0 spiro atoms. The van der Waals surface area contributed by atoms with Crippen LogP contribution in [-0.4, -0.2) is 36.3 Å². The summed E-state index contributed by atoms with van der Waals surface area (Å²) < 4.78 is 29.7. The lowest BCUT2D eigenvalue weighted by Crippen LogP contribution is -2.42. The Morgan fingerprint density at radius 1 is 1.03 bits per heavy atom. The van der Waals surface area contributed by atoms with Gasteiger partial charge in [-0.25, -0.2) is 8.42 Å². The smallest absolute Gasteiger partial charge is 0.243 e. The van der Waals surface area contributed by atoms with E-state index < -0.39 is 10.0 Å². The third kappa shape index (κ3) is 4.52. The fourth-order valence-corrected chi connectivity index (χ4v) is 5.66. The number of rotatable bonds is 6. The van der Waals surface area contributed by atoms with Crippen LogP contribution in [0.2, 0.25) is 0 Å². The second-order valence-electron chi connectivity index (χ2n) is 8.21. The van der Waals surface area contributed by atoms with Crippen molar-refractivity contribution >= 4 is 26.8 Å². The molecular weight excluding hydrogens is 410 g/mol. The van der Waals surface area contributed by atoms with Crippen LogP contribution in [0, 0.1) is 5.92 Å². The van der Waals surface area contributed by atoms with Gasteiger partial charge in [0.05, 0.1) is 4.90 Å². The largest absolute Gasteiger partial charge is 0.352 e. The highest BCUT2D eigenvalue weighted by Gasteiger charge is 2.32. The monoisotopic (exact) mass is 439 g/mol. The quantitative estimate of drug-likeness (QED) is 0.639. The van der Waals surface area contributed by atoms with E-state index in [0.717, 1.165) is 22.9 Å². The number of aromatic nitrogens is 1. The molecule has 2 heterocycles. The van der Waals surface area contributed by atoms with Gasteiger partial charge in [-0.3, -0.25) is 4.79 Å². The number of nitrogens with zero attached hydrogens (tertiary/aromatic N) is 2. The number of fused-ring (bicyclic) bond motifs is 1. The lowest BCUT2D eigenvalue weighted by atomic mass is 9.97. The molecule has 0 saturated carbocycles. The van der Waals surface area contributed by atoms with Crippen molar-refractivity contribution in [3.8, 4) is 0 Å². The molecule has 1 amide bonds. The average molecular weight is 440 g/mol. The van der Waals surface area contributed by atoms with E-state index >= 15 is 0 Å². The fourth-order valence-electron chi connectivity index (χ4n) is 4.15. The number of sulfonamides is 1. The molecule has 1 N–H and O–H groups in total. The number of piperidine rings is 1. The summed E-state index contributed by atoms with van der Waals surface area (Å²) in [5.74, 6) is -0.153. The van der Waals surface area contributed by atoms with E-state index in [0.29, 0.717) is 37.4 Å². The van der Waals surface area contributed by atoms with Crippen LogP contribution in [0.5, 0.6) is 0 Å². The lowest BCUT2D eigenvalue weighted by molar-refractivity contribution is -0.126. The van der Waals surface area contributed by atoms with Crippen LogP contribution in [0.3, 0.4) is 0 Å². The van der Waals surface area contributed by atoms with Gasteiger partial charge in [-0.1, -0.05) is 31.2 Å². The molecule has 0 bridgehead atoms. The summed E-state index contributed by atoms with van der Waals surface area (Å²) in [7, 11) is -1.63. The van der Waals surface area contributed by atoms with Crippen molar-refractivity contribution in [3.63, 3.8) is 0 Å². The van der Waals surface area contributed by atoms with Crippen molar-refractivity contribution in [1.29, 1.82) is 0 Å². The van der Waals surface area contributed by atoms with Crippen LogP contribution in [0.4, 0.5) is 0 Å². The maximum Gasteiger partial charge on any atom is 0.243 e. The highest BCUT2D eigenvalue weighted by atomic mass is 32.2. The summed E-state index contributed by atoms with van der Waals surface area (Å²) in [6, 6.07) is 15.4. The van der Waals surface area contributed by atoms with Crippen LogP contribution in [-0.2, 0) is 34.8 Å². The predicted molar refractivity (Wildman–Crippen MR) is 122 cm³/mol. The van der Waals surface area contributed by atoms with Crippen molar-refractivity contribution < 1.29 is 13.2 Å². The first-order valence-electron chi connectivity index (χ1n) is 10.8. The van der Waals surface area contributed by atoms with Crippen molar-refractivity contribution in [2.75, 3.05) is 13.1 Å². The Labute approximate surface area is 183 Å². The second kappa shape index (κ2) is 8.85. The minimum atomic E-state index is -3.56. The standard InChI is InChI=1S/C24H29N3O3S/c1-3-18-4-6-19(7-5-18)17-25-24(28)20-11-14-27(15-12-20)31(29,30)22-8-9-23-21(16-22)10-13-26(23)2/h4-10,13,16,20H,3,11-12,14-15,17H2,1-2H3,(H,25,28). The average Bonchev–Trinajstić information content (AvgIpc) is 3.18. The summed E-state index contributed by atoms with van der Waals surface area (Å²) in [4.78, 5) is 12.9. The molecule has 31 heavy (non-hydrogen) atoms. The topological polar surface area (TPSA) is 71.4 Å². The molecule has 1 fully saturated rings. The first-order valence-corrected chi connectivity index (χ1v) is 12.2. The van der Waals surface area contributed by atoms with E-state index in [1.165, 1.54) is 9.87 Å². The summed E-state index contributed by atoms with van der Waals surface area (Å²) in [6.45, 7) is 3.33. The number of aryl methyl sites for hydroxylation is 2. The van der Waals surface area contributed by atoms with Crippen LogP contribution in [0.25, 0.3) is 10.9 Å². The summed E-state index contributed by atoms with van der Waals surface area (Å²) >= 11 is 0. The van der Waals surface area contributed by atoms with Crippen molar-refractivity contribution in [3.05, 3.63) is 65.9 Å². The van der Waals surface area contributed by atoms with Gasteiger partial charge in [-0.2, -0.15) is 4.31 Å². The van der Waals surface area contributed by atoms with Gasteiger partial charge in [0.15, 0.2) is 0 Å². The Bertz CT molecular complexity index is 1170. The van der Waals surface area contributed by atoms with Gasteiger partial charge in [-0.05, 0) is 54.7 Å². The Balaban J connectivity index is 1.34. The Kier molecular flexibility index (Phi) is 6.16. The number of hydrogen-bond donors (Lipinski definition) is 1. The van der Waals surface area contributed by atoms with Gasteiger partial charge in [-0.15, -0.1) is 0 Å².